The van der Waals surface area contributed by atoms with Crippen LogP contribution < -0.4 is 10.1 Å². The number of hydrogen-bond donors (Lipinski definition) is 1. The van der Waals surface area contributed by atoms with Crippen LogP contribution in [-0.2, 0) is 4.79 Å². The van der Waals surface area contributed by atoms with Gasteiger partial charge in [0, 0.05) is 43.6 Å². The van der Waals surface area contributed by atoms with Crippen LogP contribution in [0.2, 0.25) is 0 Å². The summed E-state index contributed by atoms with van der Waals surface area (Å²) in [7, 11) is 0. The molecule has 2 aliphatic rings. The number of imidazole rings is 1. The second-order valence-corrected chi connectivity index (χ2v) is 10.5. The lowest BCUT2D eigenvalue weighted by molar-refractivity contribution is -0.126. The smallest absolute Gasteiger partial charge is 0.258 e. The highest BCUT2D eigenvalue weighted by Gasteiger charge is 2.29. The molecule has 2 amide bonds. The van der Waals surface area contributed by atoms with Gasteiger partial charge in [0.05, 0.1) is 11.6 Å². The van der Waals surface area contributed by atoms with Crippen LogP contribution in [-0.4, -0.2) is 75.0 Å². The molecule has 0 unspecified atom stereocenters. The van der Waals surface area contributed by atoms with E-state index in [1.807, 2.05) is 30.0 Å². The van der Waals surface area contributed by atoms with Gasteiger partial charge in [-0.1, -0.05) is 19.6 Å². The number of aromatic nitrogens is 3. The summed E-state index contributed by atoms with van der Waals surface area (Å²) in [5.41, 5.74) is 2.90. The van der Waals surface area contributed by atoms with Crippen molar-refractivity contribution in [2.45, 2.75) is 58.1 Å². The van der Waals surface area contributed by atoms with E-state index in [-0.39, 0.29) is 24.0 Å². The maximum absolute atomic E-state index is 13.3. The van der Waals surface area contributed by atoms with Gasteiger partial charge in [0.15, 0.2) is 0 Å². The summed E-state index contributed by atoms with van der Waals surface area (Å²) in [6, 6.07) is 9.28. The fourth-order valence-electron chi connectivity index (χ4n) is 5.70. The zero-order valence-electron chi connectivity index (χ0n) is 22.9. The minimum Gasteiger partial charge on any atom is -0.488 e. The van der Waals surface area contributed by atoms with E-state index in [1.165, 1.54) is 6.08 Å². The van der Waals surface area contributed by atoms with Crippen molar-refractivity contribution in [1.82, 2.24) is 24.3 Å². The summed E-state index contributed by atoms with van der Waals surface area (Å²) in [4.78, 5) is 39.3. The van der Waals surface area contributed by atoms with E-state index < -0.39 is 0 Å². The second-order valence-electron chi connectivity index (χ2n) is 10.5. The van der Waals surface area contributed by atoms with Crippen LogP contribution in [0.3, 0.4) is 0 Å². The molecule has 1 atom stereocenters. The van der Waals surface area contributed by atoms with E-state index in [9.17, 15) is 9.59 Å². The summed E-state index contributed by atoms with van der Waals surface area (Å²) < 4.78 is 8.72. The number of nitrogens with one attached hydrogen (secondary N) is 1. The second kappa shape index (κ2) is 12.0. The Kier molecular flexibility index (Phi) is 8.26. The molecule has 0 radical (unpaired) electrons. The summed E-state index contributed by atoms with van der Waals surface area (Å²) in [5.74, 6) is 0.891. The number of piperidine rings is 1. The third-order valence-corrected chi connectivity index (χ3v) is 7.83. The van der Waals surface area contributed by atoms with E-state index in [0.717, 1.165) is 74.2 Å². The molecule has 2 fully saturated rings. The van der Waals surface area contributed by atoms with Gasteiger partial charge in [-0.3, -0.25) is 19.9 Å². The van der Waals surface area contributed by atoms with E-state index in [4.69, 9.17) is 9.72 Å². The molecule has 4 heterocycles. The number of likely N-dealkylation sites (tertiary alicyclic amines) is 2. The molecule has 0 spiro atoms. The molecule has 9 heteroatoms. The Morgan fingerprint density at radius 2 is 1.97 bits per heavy atom. The van der Waals surface area contributed by atoms with Gasteiger partial charge in [0.2, 0.25) is 11.9 Å². The first kappa shape index (κ1) is 26.9. The average Bonchev–Trinajstić information content (AvgIpc) is 3.14. The third kappa shape index (κ3) is 5.98. The number of anilines is 1. The summed E-state index contributed by atoms with van der Waals surface area (Å²) >= 11 is 0. The van der Waals surface area contributed by atoms with Gasteiger partial charge in [0.1, 0.15) is 17.4 Å². The van der Waals surface area contributed by atoms with Crippen molar-refractivity contribution < 1.29 is 14.3 Å². The van der Waals surface area contributed by atoms with E-state index >= 15 is 0 Å². The molecule has 3 aromatic rings. The van der Waals surface area contributed by atoms with Gasteiger partial charge >= 0.3 is 0 Å². The Morgan fingerprint density at radius 3 is 2.72 bits per heavy atom. The summed E-state index contributed by atoms with van der Waals surface area (Å²) in [5, 5.41) is 3.06. The monoisotopic (exact) mass is 530 g/mol. The van der Waals surface area contributed by atoms with Crippen molar-refractivity contribution in [2.75, 3.05) is 38.0 Å². The minimum atomic E-state index is -0.251. The maximum Gasteiger partial charge on any atom is 0.258 e. The van der Waals surface area contributed by atoms with Crippen LogP contribution >= 0.6 is 0 Å². The molecule has 39 heavy (non-hydrogen) atoms. The molecule has 9 nitrogen and oxygen atoms in total. The molecule has 2 aliphatic heterocycles. The standard InChI is InChI=1S/C30H38N6O3/c1-4-27(37)35-16-7-6-9-23(20-35)36-28-25(32-30(36)33-29(38)22-12-15-31-21(3)19-22)10-8-11-26(28)39-24-13-17-34(5-2)18-14-24/h4,8,10-12,15,19,23-24H,1,5-7,9,13-14,16-18,20H2,2-3H3,(H,32,33,38)/t23-/m1/s1. The van der Waals surface area contributed by atoms with E-state index in [0.29, 0.717) is 24.6 Å². The Morgan fingerprint density at radius 1 is 1.15 bits per heavy atom. The number of amides is 2. The fourth-order valence-corrected chi connectivity index (χ4v) is 5.70. The number of carbonyl (C=O) groups is 2. The Labute approximate surface area is 229 Å². The molecule has 5 rings (SSSR count). The quantitative estimate of drug-likeness (QED) is 0.449. The van der Waals surface area contributed by atoms with Crippen molar-refractivity contribution in [1.29, 1.82) is 0 Å². The normalized spacial score (nSPS) is 19.0. The average molecular weight is 531 g/mol. The number of aryl methyl sites for hydroxylation is 1. The zero-order valence-corrected chi connectivity index (χ0v) is 22.9. The lowest BCUT2D eigenvalue weighted by atomic mass is 10.1. The van der Waals surface area contributed by atoms with Gasteiger partial charge in [-0.25, -0.2) is 4.98 Å². The molecule has 1 aromatic carbocycles. The number of hydrogen-bond acceptors (Lipinski definition) is 6. The topological polar surface area (TPSA) is 92.6 Å². The van der Waals surface area contributed by atoms with Crippen LogP contribution in [0.1, 0.15) is 61.1 Å². The molecule has 206 valence electrons. The highest BCUT2D eigenvalue weighted by atomic mass is 16.5. The first-order valence-electron chi connectivity index (χ1n) is 14.0. The first-order chi connectivity index (χ1) is 19.0. The number of benzene rings is 1. The van der Waals surface area contributed by atoms with Gasteiger partial charge in [-0.2, -0.15) is 0 Å². The predicted molar refractivity (Wildman–Crippen MR) is 152 cm³/mol. The molecule has 0 bridgehead atoms. The largest absolute Gasteiger partial charge is 0.488 e. The lowest BCUT2D eigenvalue weighted by Gasteiger charge is -2.31. The molecule has 2 saturated heterocycles. The van der Waals surface area contributed by atoms with Crippen molar-refractivity contribution in [2.24, 2.45) is 0 Å². The predicted octanol–water partition coefficient (Wildman–Crippen LogP) is 4.59. The lowest BCUT2D eigenvalue weighted by Crippen LogP contribution is -2.38. The SMILES string of the molecule is C=CC(=O)N1CCCC[C@@H](n2c(NC(=O)c3ccnc(C)c3)nc3cccc(OC4CCN(CC)CC4)c32)C1. The van der Waals surface area contributed by atoms with Crippen LogP contribution in [0, 0.1) is 6.92 Å². The number of nitrogens with zero attached hydrogens (tertiary/aromatic N) is 5. The number of fused-ring (bicyclic) bond motifs is 1. The van der Waals surface area contributed by atoms with Crippen LogP contribution in [0.15, 0.2) is 49.2 Å². The molecule has 0 saturated carbocycles. The highest BCUT2D eigenvalue weighted by molar-refractivity contribution is 6.04. The molecular weight excluding hydrogens is 492 g/mol. The third-order valence-electron chi connectivity index (χ3n) is 7.83. The van der Waals surface area contributed by atoms with E-state index in [1.54, 1.807) is 18.3 Å². The van der Waals surface area contributed by atoms with Crippen molar-refractivity contribution >= 4 is 28.8 Å². The van der Waals surface area contributed by atoms with Crippen molar-refractivity contribution in [3.8, 4) is 5.75 Å². The van der Waals surface area contributed by atoms with Gasteiger partial charge in [0.25, 0.3) is 5.91 Å². The van der Waals surface area contributed by atoms with Gasteiger partial charge in [-0.15, -0.1) is 0 Å². The Bertz CT molecular complexity index is 1340. The maximum atomic E-state index is 13.3. The zero-order chi connectivity index (χ0) is 27.4. The number of carbonyl (C=O) groups excluding carboxylic acids is 2. The number of rotatable bonds is 7. The molecule has 0 aliphatic carbocycles. The Hall–Kier alpha value is -3.72. The summed E-state index contributed by atoms with van der Waals surface area (Å²) in [6.07, 6.45) is 7.79. The molecule has 2 aromatic heterocycles. The molecule has 1 N–H and O–H groups in total. The van der Waals surface area contributed by atoms with Gasteiger partial charge < -0.3 is 19.1 Å². The Balaban J connectivity index is 1.54. The molecular formula is C30H38N6O3. The number of para-hydroxylation sites is 1. The highest BCUT2D eigenvalue weighted by Crippen LogP contribution is 2.36. The number of ether oxygens (including phenoxy) is 1. The van der Waals surface area contributed by atoms with Crippen molar-refractivity contribution in [3.05, 3.63) is 60.4 Å². The fraction of sp³-hybridized carbons (Fsp3) is 0.467. The van der Waals surface area contributed by atoms with Crippen LogP contribution in [0.25, 0.3) is 11.0 Å². The number of pyridine rings is 1. The van der Waals surface area contributed by atoms with E-state index in [2.05, 4.69) is 33.3 Å². The van der Waals surface area contributed by atoms with Crippen LogP contribution in [0.5, 0.6) is 5.75 Å². The first-order valence-corrected chi connectivity index (χ1v) is 14.0. The minimum absolute atomic E-state index is 0.0803. The van der Waals surface area contributed by atoms with Gasteiger partial charge in [-0.05, 0) is 75.9 Å². The van der Waals surface area contributed by atoms with Crippen LogP contribution in [0.4, 0.5) is 5.95 Å². The summed E-state index contributed by atoms with van der Waals surface area (Å²) in [6.45, 7) is 12.0. The van der Waals surface area contributed by atoms with Crippen molar-refractivity contribution in [3.63, 3.8) is 0 Å².